The maximum absolute atomic E-state index is 14.2. The van der Waals surface area contributed by atoms with E-state index in [0.717, 1.165) is 18.4 Å². The first-order valence-electron chi connectivity index (χ1n) is 15.5. The molecule has 52 heavy (non-hydrogen) atoms. The van der Waals surface area contributed by atoms with Crippen LogP contribution < -0.4 is 3.71 Å². The maximum atomic E-state index is 14.2. The zero-order valence-corrected chi connectivity index (χ0v) is 31.6. The van der Waals surface area contributed by atoms with Crippen molar-refractivity contribution in [2.75, 3.05) is 22.5 Å². The molecule has 4 aromatic rings. The molecule has 10 nitrogen and oxygen atoms in total. The van der Waals surface area contributed by atoms with Gasteiger partial charge in [0.15, 0.2) is 15.7 Å². The van der Waals surface area contributed by atoms with Crippen molar-refractivity contribution in [3.63, 3.8) is 0 Å². The summed E-state index contributed by atoms with van der Waals surface area (Å²) < 4.78 is 146. The average molecular weight is 807 g/mol. The molecule has 0 N–H and O–H groups in total. The van der Waals surface area contributed by atoms with Crippen LogP contribution in [0.2, 0.25) is 5.02 Å². The SMILES string of the molecule is CC(C)(C#Cc1nc(CCc2cc(F)cc(F)c2)c(-c2ccc(Cl)c3c(N(S(C)(=O)=O)S(C)(=O)=O)nn(CC(F)(F)F)c23)c2c1CCC2)S(C)(=O)=O. The highest BCUT2D eigenvalue weighted by Gasteiger charge is 2.38. The fourth-order valence-electron chi connectivity index (χ4n) is 6.07. The van der Waals surface area contributed by atoms with Crippen LogP contribution in [-0.2, 0) is 62.1 Å². The number of pyridine rings is 1. The molecule has 0 saturated carbocycles. The van der Waals surface area contributed by atoms with Gasteiger partial charge in [0.1, 0.15) is 28.6 Å². The first-order valence-corrected chi connectivity index (χ1v) is 21.4. The molecule has 0 spiro atoms. The number of hydrogen-bond donors (Lipinski definition) is 0. The topological polar surface area (TPSA) is 136 Å². The van der Waals surface area contributed by atoms with Crippen LogP contribution in [0.3, 0.4) is 0 Å². The van der Waals surface area contributed by atoms with Gasteiger partial charge in [0.2, 0.25) is 20.0 Å². The van der Waals surface area contributed by atoms with Crippen molar-refractivity contribution in [1.82, 2.24) is 14.8 Å². The van der Waals surface area contributed by atoms with Crippen LogP contribution in [0, 0.1) is 23.5 Å². The molecular formula is C33H32ClF5N4O6S3. The van der Waals surface area contributed by atoms with Crippen LogP contribution in [0.5, 0.6) is 0 Å². The van der Waals surface area contributed by atoms with Crippen LogP contribution in [0.15, 0.2) is 30.3 Å². The Labute approximate surface area is 303 Å². The number of nitrogens with zero attached hydrogens (tertiary/aromatic N) is 4. The van der Waals surface area contributed by atoms with E-state index < -0.39 is 70.2 Å². The number of sulfone groups is 1. The lowest BCUT2D eigenvalue weighted by atomic mass is 9.90. The summed E-state index contributed by atoms with van der Waals surface area (Å²) in [6.07, 6.45) is -1.51. The van der Waals surface area contributed by atoms with Crippen molar-refractivity contribution in [1.29, 1.82) is 0 Å². The van der Waals surface area contributed by atoms with Gasteiger partial charge in [-0.25, -0.2) is 39.0 Å². The lowest BCUT2D eigenvalue weighted by molar-refractivity contribution is -0.141. The molecule has 1 aliphatic carbocycles. The summed E-state index contributed by atoms with van der Waals surface area (Å²) in [5, 5.41) is 3.19. The van der Waals surface area contributed by atoms with Gasteiger partial charge in [-0.2, -0.15) is 18.3 Å². The second kappa shape index (κ2) is 13.6. The van der Waals surface area contributed by atoms with Gasteiger partial charge < -0.3 is 0 Å². The van der Waals surface area contributed by atoms with E-state index in [4.69, 9.17) is 16.6 Å². The van der Waals surface area contributed by atoms with Crippen LogP contribution in [0.1, 0.15) is 48.3 Å². The highest BCUT2D eigenvalue weighted by Crippen LogP contribution is 2.45. The largest absolute Gasteiger partial charge is 0.408 e. The number of aromatic nitrogens is 3. The van der Waals surface area contributed by atoms with Crippen LogP contribution in [0.25, 0.3) is 22.0 Å². The molecule has 0 unspecified atom stereocenters. The summed E-state index contributed by atoms with van der Waals surface area (Å²) in [6.45, 7) is 1.07. The van der Waals surface area contributed by atoms with Crippen molar-refractivity contribution < 1.29 is 47.2 Å². The molecule has 280 valence electrons. The number of aryl methyl sites for hydroxylation is 2. The summed E-state index contributed by atoms with van der Waals surface area (Å²) in [5.74, 6) is 3.09. The molecule has 0 radical (unpaired) electrons. The minimum absolute atomic E-state index is 0.00506. The Kier molecular flexibility index (Phi) is 10.3. The standard InChI is InChI=1S/C33H32ClF5N4O6S3/c1-32(2,50(3,44)45)14-13-26-22-7-6-8-23(22)28(27(40-26)12-9-19-15-20(35)17-21(36)16-19)24-10-11-25(34)29-30(24)42(18-33(37,38)39)41-31(29)43(51(4,46)47)52(5,48)49/h10-11,15-17H,6-9,12,18H2,1-5H3. The second-order valence-electron chi connectivity index (χ2n) is 13.0. The van der Waals surface area contributed by atoms with E-state index in [1.54, 1.807) is 0 Å². The second-order valence-corrected chi connectivity index (χ2v) is 19.9. The Hall–Kier alpha value is -3.79. The summed E-state index contributed by atoms with van der Waals surface area (Å²) in [7, 11) is -13.0. The van der Waals surface area contributed by atoms with Gasteiger partial charge in [0.25, 0.3) is 0 Å². The number of hydrogen-bond acceptors (Lipinski definition) is 8. The van der Waals surface area contributed by atoms with E-state index in [1.807, 2.05) is 0 Å². The van der Waals surface area contributed by atoms with Gasteiger partial charge in [-0.3, -0.25) is 4.68 Å². The fraction of sp³-hybridized carbons (Fsp3) is 0.394. The lowest BCUT2D eigenvalue weighted by Gasteiger charge is -2.19. The van der Waals surface area contributed by atoms with Crippen molar-refractivity contribution in [2.45, 2.75) is 63.4 Å². The van der Waals surface area contributed by atoms with Crippen molar-refractivity contribution >= 4 is 58.2 Å². The Morgan fingerprint density at radius 1 is 0.904 bits per heavy atom. The van der Waals surface area contributed by atoms with Gasteiger partial charge in [-0.1, -0.05) is 23.6 Å². The number of rotatable bonds is 9. The van der Waals surface area contributed by atoms with E-state index in [0.29, 0.717) is 59.2 Å². The number of sulfonamides is 2. The maximum Gasteiger partial charge on any atom is 0.408 e. The summed E-state index contributed by atoms with van der Waals surface area (Å²) >= 11 is 6.52. The van der Waals surface area contributed by atoms with Crippen LogP contribution in [0.4, 0.5) is 27.8 Å². The third-order valence-electron chi connectivity index (χ3n) is 8.52. The number of alkyl halides is 3. The molecule has 2 aromatic heterocycles. The number of fused-ring (bicyclic) bond motifs is 2. The average Bonchev–Trinajstić information content (AvgIpc) is 3.58. The monoisotopic (exact) mass is 806 g/mol. The Bertz CT molecular complexity index is 2470. The first-order chi connectivity index (χ1) is 23.8. The zero-order valence-electron chi connectivity index (χ0n) is 28.4. The highest BCUT2D eigenvalue weighted by molar-refractivity contribution is 8.09. The smallest absolute Gasteiger partial charge is 0.253 e. The molecule has 0 fully saturated rings. The predicted molar refractivity (Wildman–Crippen MR) is 188 cm³/mol. The molecule has 19 heteroatoms. The summed E-state index contributed by atoms with van der Waals surface area (Å²) in [6, 6.07) is 5.57. The Morgan fingerprint density at radius 2 is 1.50 bits per heavy atom. The molecule has 1 aliphatic rings. The van der Waals surface area contributed by atoms with Gasteiger partial charge in [0.05, 0.1) is 34.1 Å². The Balaban J connectivity index is 1.89. The van der Waals surface area contributed by atoms with E-state index in [-0.39, 0.29) is 49.6 Å². The molecule has 0 saturated heterocycles. The van der Waals surface area contributed by atoms with Gasteiger partial charge >= 0.3 is 6.18 Å². The molecule has 0 bridgehead atoms. The van der Waals surface area contributed by atoms with E-state index >= 15 is 0 Å². The Morgan fingerprint density at radius 3 is 2.06 bits per heavy atom. The van der Waals surface area contributed by atoms with Gasteiger partial charge in [-0.05, 0) is 86.8 Å². The fourth-order valence-corrected chi connectivity index (χ4v) is 9.40. The molecule has 2 heterocycles. The van der Waals surface area contributed by atoms with E-state index in [1.165, 1.54) is 26.0 Å². The minimum Gasteiger partial charge on any atom is -0.253 e. The zero-order chi connectivity index (χ0) is 38.8. The van der Waals surface area contributed by atoms with Crippen LogP contribution in [-0.4, -0.2) is 69.7 Å². The third-order valence-corrected chi connectivity index (χ3v) is 14.0. The molecular weight excluding hydrogens is 775 g/mol. The van der Waals surface area contributed by atoms with Crippen LogP contribution >= 0.6 is 11.6 Å². The first kappa shape index (κ1) is 39.4. The summed E-state index contributed by atoms with van der Waals surface area (Å²) in [4.78, 5) is 4.78. The van der Waals surface area contributed by atoms with Gasteiger partial charge in [0, 0.05) is 23.4 Å². The quantitative estimate of drug-likeness (QED) is 0.154. The van der Waals surface area contributed by atoms with Crippen molar-refractivity contribution in [2.24, 2.45) is 0 Å². The number of halogens is 6. The lowest BCUT2D eigenvalue weighted by Crippen LogP contribution is -2.36. The molecule has 2 aromatic carbocycles. The minimum atomic E-state index is -4.92. The predicted octanol–water partition coefficient (Wildman–Crippen LogP) is 5.77. The number of anilines is 1. The molecule has 0 aliphatic heterocycles. The summed E-state index contributed by atoms with van der Waals surface area (Å²) in [5.41, 5.74) is 1.83. The van der Waals surface area contributed by atoms with E-state index in [9.17, 15) is 47.2 Å². The molecule has 0 atom stereocenters. The molecule has 5 rings (SSSR count). The third kappa shape index (κ3) is 8.07. The van der Waals surface area contributed by atoms with Crippen molar-refractivity contribution in [3.8, 4) is 23.0 Å². The van der Waals surface area contributed by atoms with Crippen molar-refractivity contribution in [3.05, 3.63) is 75.1 Å². The van der Waals surface area contributed by atoms with E-state index in [2.05, 4.69) is 16.9 Å². The molecule has 0 amide bonds. The number of benzene rings is 2. The van der Waals surface area contributed by atoms with Gasteiger partial charge in [-0.15, -0.1) is 3.71 Å². The normalized spacial score (nSPS) is 14.0. The highest BCUT2D eigenvalue weighted by atomic mass is 35.5.